The number of hydrogen-bond donors (Lipinski definition) is 1. The van der Waals surface area contributed by atoms with Crippen LogP contribution in [0.15, 0.2) is 53.7 Å². The van der Waals surface area contributed by atoms with Crippen LogP contribution in [-0.2, 0) is 4.79 Å². The van der Waals surface area contributed by atoms with E-state index >= 15 is 0 Å². The van der Waals surface area contributed by atoms with Gasteiger partial charge in [-0.2, -0.15) is 0 Å². The van der Waals surface area contributed by atoms with E-state index in [9.17, 15) is 4.79 Å². The number of benzene rings is 2. The van der Waals surface area contributed by atoms with Crippen molar-refractivity contribution in [1.29, 1.82) is 0 Å². The molecule has 0 unspecified atom stereocenters. The number of fused-ring (bicyclic) bond motifs is 3. The van der Waals surface area contributed by atoms with Crippen LogP contribution in [0, 0.1) is 0 Å². The number of aromatic nitrogens is 4. The minimum atomic E-state index is -0.160. The molecule has 0 aliphatic rings. The number of anilines is 1. The number of hydrogen-bond acceptors (Lipinski definition) is 6. The van der Waals surface area contributed by atoms with Crippen LogP contribution in [0.5, 0.6) is 5.75 Å². The van der Waals surface area contributed by atoms with Gasteiger partial charge in [0.25, 0.3) is 0 Å². The predicted molar refractivity (Wildman–Crippen MR) is 116 cm³/mol. The Morgan fingerprint density at radius 2 is 1.90 bits per heavy atom. The van der Waals surface area contributed by atoms with Crippen molar-refractivity contribution < 1.29 is 9.53 Å². The number of thioether (sulfide) groups is 1. The van der Waals surface area contributed by atoms with E-state index in [0.717, 1.165) is 22.1 Å². The van der Waals surface area contributed by atoms with Gasteiger partial charge in [0.2, 0.25) is 11.1 Å². The number of amides is 1. The van der Waals surface area contributed by atoms with E-state index in [1.165, 1.54) is 11.8 Å². The number of methoxy groups -OCH3 is 1. The van der Waals surface area contributed by atoms with Crippen LogP contribution in [0.3, 0.4) is 0 Å². The zero-order chi connectivity index (χ0) is 20.4. The van der Waals surface area contributed by atoms with Crippen molar-refractivity contribution in [3.8, 4) is 5.75 Å². The van der Waals surface area contributed by atoms with Crippen LogP contribution in [-0.4, -0.2) is 38.5 Å². The number of carbonyl (C=O) groups is 1. The maximum Gasteiger partial charge on any atom is 0.234 e. The van der Waals surface area contributed by atoms with Crippen LogP contribution in [0.4, 0.5) is 5.69 Å². The molecule has 2 aromatic heterocycles. The van der Waals surface area contributed by atoms with Crippen LogP contribution in [0.2, 0.25) is 0 Å². The van der Waals surface area contributed by atoms with E-state index in [0.29, 0.717) is 16.6 Å². The molecular weight excluding hydrogens is 386 g/mol. The number of rotatable bonds is 6. The molecule has 0 saturated heterocycles. The number of nitrogens with one attached hydrogen (secondary N) is 1. The SMILES string of the molecule is COc1ccccc1NC(=O)CSc1nnc2c3ccccc3n(C(C)C)c2n1. The molecule has 4 rings (SSSR count). The van der Waals surface area contributed by atoms with Crippen molar-refractivity contribution in [2.24, 2.45) is 0 Å². The number of carbonyl (C=O) groups excluding carboxylic acids is 1. The van der Waals surface area contributed by atoms with Gasteiger partial charge in [0.05, 0.1) is 24.1 Å². The topological polar surface area (TPSA) is 81.9 Å². The average Bonchev–Trinajstić information content (AvgIpc) is 3.06. The molecule has 1 amide bonds. The van der Waals surface area contributed by atoms with Gasteiger partial charge in [0.1, 0.15) is 11.3 Å². The monoisotopic (exact) mass is 407 g/mol. The van der Waals surface area contributed by atoms with Gasteiger partial charge < -0.3 is 14.6 Å². The van der Waals surface area contributed by atoms with E-state index in [4.69, 9.17) is 9.72 Å². The van der Waals surface area contributed by atoms with Gasteiger partial charge in [-0.1, -0.05) is 42.1 Å². The summed E-state index contributed by atoms with van der Waals surface area (Å²) in [6.07, 6.45) is 0. The molecule has 0 saturated carbocycles. The van der Waals surface area contributed by atoms with E-state index < -0.39 is 0 Å². The van der Waals surface area contributed by atoms with Crippen LogP contribution < -0.4 is 10.1 Å². The lowest BCUT2D eigenvalue weighted by Crippen LogP contribution is -2.15. The molecule has 0 aliphatic heterocycles. The third kappa shape index (κ3) is 3.75. The molecule has 2 heterocycles. The summed E-state index contributed by atoms with van der Waals surface area (Å²) in [5.41, 5.74) is 3.27. The molecule has 0 aliphatic carbocycles. The predicted octanol–water partition coefficient (Wildman–Crippen LogP) is 4.30. The minimum Gasteiger partial charge on any atom is -0.495 e. The summed E-state index contributed by atoms with van der Waals surface area (Å²) in [4.78, 5) is 17.1. The Kier molecular flexibility index (Phi) is 5.35. The summed E-state index contributed by atoms with van der Waals surface area (Å²) in [5.74, 6) is 0.631. The lowest BCUT2D eigenvalue weighted by atomic mass is 10.2. The zero-order valence-corrected chi connectivity index (χ0v) is 17.2. The Balaban J connectivity index is 1.56. The first-order chi connectivity index (χ1) is 14.1. The Labute approximate surface area is 172 Å². The molecule has 4 aromatic rings. The molecule has 0 spiro atoms. The molecule has 29 heavy (non-hydrogen) atoms. The van der Waals surface area contributed by atoms with E-state index in [1.807, 2.05) is 30.3 Å². The third-order valence-corrected chi connectivity index (χ3v) is 5.36. The zero-order valence-electron chi connectivity index (χ0n) is 16.4. The number of nitrogens with zero attached hydrogens (tertiary/aromatic N) is 4. The third-order valence-electron chi connectivity index (χ3n) is 4.53. The summed E-state index contributed by atoms with van der Waals surface area (Å²) < 4.78 is 7.41. The largest absolute Gasteiger partial charge is 0.495 e. The lowest BCUT2D eigenvalue weighted by Gasteiger charge is -2.10. The summed E-state index contributed by atoms with van der Waals surface area (Å²) in [6, 6.07) is 15.6. The van der Waals surface area contributed by atoms with Crippen molar-refractivity contribution in [2.45, 2.75) is 25.0 Å². The summed E-state index contributed by atoms with van der Waals surface area (Å²) >= 11 is 1.26. The molecule has 0 radical (unpaired) electrons. The van der Waals surface area contributed by atoms with E-state index in [-0.39, 0.29) is 17.7 Å². The Morgan fingerprint density at radius 3 is 2.69 bits per heavy atom. The fourth-order valence-corrected chi connectivity index (χ4v) is 3.87. The van der Waals surface area contributed by atoms with Crippen molar-refractivity contribution in [3.05, 3.63) is 48.5 Å². The van der Waals surface area contributed by atoms with E-state index in [1.54, 1.807) is 19.2 Å². The Bertz CT molecular complexity index is 1190. The standard InChI is InChI=1S/C21H21N5O2S/c1-13(2)26-16-10-6-4-8-14(16)19-20(26)23-21(25-24-19)29-12-18(27)22-15-9-5-7-11-17(15)28-3/h4-11,13H,12H2,1-3H3,(H,22,27). The van der Waals surface area contributed by atoms with Gasteiger partial charge in [0.15, 0.2) is 5.65 Å². The number of ether oxygens (including phenoxy) is 1. The summed E-state index contributed by atoms with van der Waals surface area (Å²) in [5, 5.41) is 13.0. The highest BCUT2D eigenvalue weighted by molar-refractivity contribution is 7.99. The van der Waals surface area contributed by atoms with Crippen molar-refractivity contribution in [2.75, 3.05) is 18.2 Å². The maximum atomic E-state index is 12.4. The lowest BCUT2D eigenvalue weighted by molar-refractivity contribution is -0.113. The van der Waals surface area contributed by atoms with Crippen LogP contribution in [0.1, 0.15) is 19.9 Å². The van der Waals surface area contributed by atoms with Gasteiger partial charge in [-0.3, -0.25) is 4.79 Å². The molecule has 0 bridgehead atoms. The van der Waals surface area contributed by atoms with Gasteiger partial charge in [0, 0.05) is 11.4 Å². The van der Waals surface area contributed by atoms with Crippen molar-refractivity contribution in [3.63, 3.8) is 0 Å². The molecule has 0 fully saturated rings. The molecule has 0 atom stereocenters. The fourth-order valence-electron chi connectivity index (χ4n) is 3.29. The first-order valence-electron chi connectivity index (χ1n) is 9.27. The molecule has 148 valence electrons. The fraction of sp³-hybridized carbons (Fsp3) is 0.238. The molecule has 7 nitrogen and oxygen atoms in total. The average molecular weight is 407 g/mol. The highest BCUT2D eigenvalue weighted by Gasteiger charge is 2.17. The highest BCUT2D eigenvalue weighted by Crippen LogP contribution is 2.30. The Morgan fingerprint density at radius 1 is 1.14 bits per heavy atom. The second kappa shape index (κ2) is 8.08. The normalized spacial score (nSPS) is 11.3. The summed E-state index contributed by atoms with van der Waals surface area (Å²) in [6.45, 7) is 4.23. The molecule has 2 aromatic carbocycles. The van der Waals surface area contributed by atoms with Gasteiger partial charge in [-0.15, -0.1) is 10.2 Å². The van der Waals surface area contributed by atoms with Gasteiger partial charge in [-0.05, 0) is 32.0 Å². The van der Waals surface area contributed by atoms with E-state index in [2.05, 4.69) is 40.0 Å². The smallest absolute Gasteiger partial charge is 0.234 e. The molecule has 1 N–H and O–H groups in total. The first-order valence-corrected chi connectivity index (χ1v) is 10.3. The second-order valence-electron chi connectivity index (χ2n) is 6.78. The minimum absolute atomic E-state index is 0.160. The van der Waals surface area contributed by atoms with Crippen molar-refractivity contribution in [1.82, 2.24) is 19.7 Å². The van der Waals surface area contributed by atoms with Gasteiger partial charge >= 0.3 is 0 Å². The van der Waals surface area contributed by atoms with Gasteiger partial charge in [-0.25, -0.2) is 4.98 Å². The Hall–Kier alpha value is -3.13. The summed E-state index contributed by atoms with van der Waals surface area (Å²) in [7, 11) is 1.57. The first kappa shape index (κ1) is 19.2. The quantitative estimate of drug-likeness (QED) is 0.480. The molecular formula is C21H21N5O2S. The van der Waals surface area contributed by atoms with Crippen molar-refractivity contribution >= 4 is 45.4 Å². The van der Waals surface area contributed by atoms with Crippen LogP contribution >= 0.6 is 11.8 Å². The van der Waals surface area contributed by atoms with Crippen LogP contribution in [0.25, 0.3) is 22.1 Å². The number of para-hydroxylation sites is 3. The highest BCUT2D eigenvalue weighted by atomic mass is 32.2. The molecule has 8 heteroatoms. The second-order valence-corrected chi connectivity index (χ2v) is 7.73. The maximum absolute atomic E-state index is 12.4.